The number of aromatic nitrogens is 3. The standard InChI is InChI=1S/C11H10BrN5O3/c1-7-4-10(17(19)20)15-16(7)6-11(18)14-9-3-2-8(12)5-13-9/h2-5H,6H2,1H3,(H,13,14,18)/p+1. The molecule has 2 aromatic heterocycles. The number of halogens is 1. The molecule has 8 nitrogen and oxygen atoms in total. The number of hydrogen-bond donors (Lipinski definition) is 1. The van der Waals surface area contributed by atoms with E-state index >= 15 is 0 Å². The zero-order valence-corrected chi connectivity index (χ0v) is 12.0. The van der Waals surface area contributed by atoms with Gasteiger partial charge in [0.1, 0.15) is 6.20 Å². The average molecular weight is 341 g/mol. The molecule has 9 heteroatoms. The van der Waals surface area contributed by atoms with Gasteiger partial charge in [-0.1, -0.05) is 0 Å². The van der Waals surface area contributed by atoms with Crippen molar-refractivity contribution in [1.29, 1.82) is 0 Å². The van der Waals surface area contributed by atoms with Crippen LogP contribution in [0, 0.1) is 17.0 Å². The van der Waals surface area contributed by atoms with Crippen molar-refractivity contribution in [3.63, 3.8) is 0 Å². The number of H-pyrrole nitrogens is 1. The number of aromatic amines is 1. The summed E-state index contributed by atoms with van der Waals surface area (Å²) in [5, 5.41) is 17.0. The lowest BCUT2D eigenvalue weighted by molar-refractivity contribution is -0.389. The van der Waals surface area contributed by atoms with Crippen LogP contribution in [0.3, 0.4) is 0 Å². The summed E-state index contributed by atoms with van der Waals surface area (Å²) in [6, 6.07) is 4.79. The van der Waals surface area contributed by atoms with E-state index in [1.807, 2.05) is 0 Å². The Morgan fingerprint density at radius 2 is 2.35 bits per heavy atom. The van der Waals surface area contributed by atoms with E-state index in [1.54, 1.807) is 25.3 Å². The Balaban J connectivity index is 2.04. The maximum absolute atomic E-state index is 11.8. The fourth-order valence-corrected chi connectivity index (χ4v) is 1.80. The van der Waals surface area contributed by atoms with Gasteiger partial charge in [0, 0.05) is 6.07 Å². The second-order valence-corrected chi connectivity index (χ2v) is 4.94. The second kappa shape index (κ2) is 5.78. The van der Waals surface area contributed by atoms with Crippen LogP contribution in [0.1, 0.15) is 5.69 Å². The largest absolute Gasteiger partial charge is 0.390 e. The molecule has 20 heavy (non-hydrogen) atoms. The molecule has 0 saturated heterocycles. The second-order valence-electron chi connectivity index (χ2n) is 4.03. The SMILES string of the molecule is Cc1cc([N+](=O)[O-])nn1CC(=O)Nc1ccc(Br)c[nH+]1. The smallest absolute Gasteiger partial charge is 0.358 e. The Hall–Kier alpha value is -2.29. The third kappa shape index (κ3) is 3.38. The lowest BCUT2D eigenvalue weighted by Gasteiger charge is -1.98. The first-order valence-electron chi connectivity index (χ1n) is 5.61. The first kappa shape index (κ1) is 14.1. The Labute approximate surface area is 122 Å². The summed E-state index contributed by atoms with van der Waals surface area (Å²) in [5.41, 5.74) is 0.548. The molecule has 0 spiro atoms. The van der Waals surface area contributed by atoms with Gasteiger partial charge in [-0.15, -0.1) is 0 Å². The van der Waals surface area contributed by atoms with E-state index in [-0.39, 0.29) is 18.3 Å². The quantitative estimate of drug-likeness (QED) is 0.669. The summed E-state index contributed by atoms with van der Waals surface area (Å²) in [5.74, 6) is -0.0762. The molecule has 0 fully saturated rings. The summed E-state index contributed by atoms with van der Waals surface area (Å²) in [4.78, 5) is 24.7. The van der Waals surface area contributed by atoms with Crippen molar-refractivity contribution in [3.05, 3.63) is 44.7 Å². The summed E-state index contributed by atoms with van der Waals surface area (Å²) in [7, 11) is 0. The van der Waals surface area contributed by atoms with Gasteiger partial charge >= 0.3 is 11.7 Å². The monoisotopic (exact) mass is 340 g/mol. The molecule has 2 heterocycles. The zero-order valence-electron chi connectivity index (χ0n) is 10.5. The van der Waals surface area contributed by atoms with Gasteiger partial charge in [0.25, 0.3) is 5.82 Å². The van der Waals surface area contributed by atoms with E-state index < -0.39 is 4.92 Å². The maximum atomic E-state index is 11.8. The van der Waals surface area contributed by atoms with Crippen molar-refractivity contribution < 1.29 is 14.7 Å². The highest BCUT2D eigenvalue weighted by Crippen LogP contribution is 2.11. The molecule has 0 radical (unpaired) electrons. The van der Waals surface area contributed by atoms with Crippen molar-refractivity contribution in [2.24, 2.45) is 0 Å². The fourth-order valence-electron chi connectivity index (χ4n) is 1.55. The highest BCUT2D eigenvalue weighted by atomic mass is 79.9. The minimum atomic E-state index is -0.593. The molecule has 0 aliphatic heterocycles. The Kier molecular flexibility index (Phi) is 4.08. The maximum Gasteiger partial charge on any atom is 0.390 e. The topological polar surface area (TPSA) is 104 Å². The van der Waals surface area contributed by atoms with Crippen LogP contribution in [-0.4, -0.2) is 20.6 Å². The van der Waals surface area contributed by atoms with Crippen LogP contribution >= 0.6 is 15.9 Å². The molecule has 0 aliphatic carbocycles. The van der Waals surface area contributed by atoms with E-state index in [0.29, 0.717) is 11.5 Å². The van der Waals surface area contributed by atoms with E-state index in [9.17, 15) is 14.9 Å². The van der Waals surface area contributed by atoms with E-state index in [1.165, 1.54) is 10.7 Å². The van der Waals surface area contributed by atoms with Gasteiger partial charge in [0.15, 0.2) is 6.54 Å². The fraction of sp³-hybridized carbons (Fsp3) is 0.182. The Morgan fingerprint density at radius 3 is 2.90 bits per heavy atom. The van der Waals surface area contributed by atoms with Gasteiger partial charge < -0.3 is 10.1 Å². The predicted molar refractivity (Wildman–Crippen MR) is 72.9 cm³/mol. The lowest BCUT2D eigenvalue weighted by atomic mass is 10.4. The number of amides is 1. The number of nitrogens with zero attached hydrogens (tertiary/aromatic N) is 3. The molecular weight excluding hydrogens is 330 g/mol. The molecule has 2 rings (SSSR count). The molecule has 1 amide bonds. The van der Waals surface area contributed by atoms with Crippen molar-refractivity contribution in [2.75, 3.05) is 5.32 Å². The number of anilines is 1. The molecule has 2 N–H and O–H groups in total. The van der Waals surface area contributed by atoms with E-state index in [0.717, 1.165) is 4.47 Å². The summed E-state index contributed by atoms with van der Waals surface area (Å²) < 4.78 is 2.14. The highest BCUT2D eigenvalue weighted by molar-refractivity contribution is 9.10. The molecule has 0 saturated carbocycles. The number of nitro groups is 1. The predicted octanol–water partition coefficient (Wildman–Crippen LogP) is 1.32. The number of aryl methyl sites for hydroxylation is 1. The van der Waals surface area contributed by atoms with Gasteiger partial charge in [-0.3, -0.25) is 0 Å². The number of carbonyl (C=O) groups excluding carboxylic acids is 1. The minimum Gasteiger partial charge on any atom is -0.358 e. The normalized spacial score (nSPS) is 10.3. The van der Waals surface area contributed by atoms with Crippen molar-refractivity contribution in [2.45, 2.75) is 13.5 Å². The van der Waals surface area contributed by atoms with Gasteiger partial charge in [-0.2, -0.15) is 4.68 Å². The van der Waals surface area contributed by atoms with Crippen LogP contribution in [0.15, 0.2) is 28.9 Å². The van der Waals surface area contributed by atoms with Crippen LogP contribution in [0.4, 0.5) is 11.6 Å². The van der Waals surface area contributed by atoms with Crippen LogP contribution in [0.2, 0.25) is 0 Å². The van der Waals surface area contributed by atoms with Gasteiger partial charge in [0.05, 0.1) is 21.3 Å². The van der Waals surface area contributed by atoms with Gasteiger partial charge in [-0.25, -0.2) is 15.1 Å². The van der Waals surface area contributed by atoms with E-state index in [4.69, 9.17) is 0 Å². The number of carbonyl (C=O) groups is 1. The average Bonchev–Trinajstić information content (AvgIpc) is 2.74. The van der Waals surface area contributed by atoms with Crippen molar-refractivity contribution >= 4 is 33.5 Å². The first-order chi connectivity index (χ1) is 9.45. The third-order valence-corrected chi connectivity index (χ3v) is 2.99. The number of pyridine rings is 1. The molecule has 0 bridgehead atoms. The Bertz CT molecular complexity index is 653. The number of hydrogen-bond acceptors (Lipinski definition) is 4. The zero-order chi connectivity index (χ0) is 14.7. The summed E-state index contributed by atoms with van der Waals surface area (Å²) in [6.45, 7) is 1.56. The van der Waals surface area contributed by atoms with Gasteiger partial charge in [-0.05, 0) is 33.8 Å². The van der Waals surface area contributed by atoms with Crippen LogP contribution in [0.5, 0.6) is 0 Å². The Morgan fingerprint density at radius 1 is 1.60 bits per heavy atom. The molecule has 0 aliphatic rings. The van der Waals surface area contributed by atoms with Crippen LogP contribution < -0.4 is 10.3 Å². The summed E-state index contributed by atoms with van der Waals surface area (Å²) in [6.07, 6.45) is 1.68. The van der Waals surface area contributed by atoms with Crippen LogP contribution in [0.25, 0.3) is 0 Å². The summed E-state index contributed by atoms with van der Waals surface area (Å²) >= 11 is 3.27. The number of nitrogens with one attached hydrogen (secondary N) is 2. The third-order valence-electron chi connectivity index (χ3n) is 2.50. The molecule has 0 aromatic carbocycles. The molecular formula is C11H11BrN5O3+. The van der Waals surface area contributed by atoms with Gasteiger partial charge in [0.2, 0.25) is 0 Å². The molecule has 0 atom stereocenters. The van der Waals surface area contributed by atoms with E-state index in [2.05, 4.69) is 31.3 Å². The number of rotatable bonds is 4. The van der Waals surface area contributed by atoms with Crippen molar-refractivity contribution in [1.82, 2.24) is 9.78 Å². The molecule has 2 aromatic rings. The van der Waals surface area contributed by atoms with Crippen molar-refractivity contribution in [3.8, 4) is 0 Å². The lowest BCUT2D eigenvalue weighted by Crippen LogP contribution is -2.24. The first-order valence-corrected chi connectivity index (χ1v) is 6.41. The molecule has 0 unspecified atom stereocenters. The van der Waals surface area contributed by atoms with Crippen LogP contribution in [-0.2, 0) is 11.3 Å². The minimum absolute atomic E-state index is 0.0937. The molecule has 104 valence electrons. The highest BCUT2D eigenvalue weighted by Gasteiger charge is 2.19.